The number of nitrogens with zero attached hydrogens (tertiary/aromatic N) is 2. The number of allylic oxidation sites excluding steroid dienone is 1. The molecule has 13 heteroatoms. The smallest absolute Gasteiger partial charge is 0.345 e. The molecular weight excluding hydrogens is 788 g/mol. The van der Waals surface area contributed by atoms with Gasteiger partial charge in [-0.25, -0.2) is 4.79 Å². The van der Waals surface area contributed by atoms with E-state index in [9.17, 15) is 24.3 Å². The molecule has 0 aromatic heterocycles. The summed E-state index contributed by atoms with van der Waals surface area (Å²) in [6.45, 7) is 18.1. The number of esters is 1. The molecule has 59 heavy (non-hydrogen) atoms. The molecule has 11 nitrogen and oxygen atoms in total. The molecule has 4 rings (SSSR count). The monoisotopic (exact) mass is 854 g/mol. The van der Waals surface area contributed by atoms with Gasteiger partial charge in [-0.05, 0) is 105 Å². The number of hydrogen-bond acceptors (Lipinski definition) is 9. The molecule has 1 saturated heterocycles. The standard InChI is InChI=1S/C46H67ClN4O7S/c1-30(2)24-41(44(54)55)58-45(56)32(4)27-48-43(53)39(26-34-14-19-40(57-7)38(47)25-34)49-42(52)11-9-8-10-31(3)36-17-18-37(36)35-15-12-33(13-16-35)28-50-20-22-51(23-21-50)29-46(5,6)59/h9,11-16,19,25,30-32,36-37,39,41,59H,8,10,17-18,20-24,26-29H2,1-7H3,(H,48,53)(H,49,52)(H,54,55). The summed E-state index contributed by atoms with van der Waals surface area (Å²) in [7, 11) is 1.51. The number of rotatable bonds is 22. The Balaban J connectivity index is 1.27. The number of aliphatic carboxylic acids is 1. The van der Waals surface area contributed by atoms with Gasteiger partial charge >= 0.3 is 11.9 Å². The summed E-state index contributed by atoms with van der Waals surface area (Å²) in [6, 6.07) is 13.4. The van der Waals surface area contributed by atoms with Crippen LogP contribution in [0.2, 0.25) is 5.02 Å². The molecule has 1 heterocycles. The number of hydrogen-bond donors (Lipinski definition) is 4. The van der Waals surface area contributed by atoms with Crippen LogP contribution in [0, 0.1) is 23.7 Å². The molecular formula is C46H67ClN4O7S. The minimum atomic E-state index is -1.27. The SMILES string of the molecule is COc1ccc(CC(NC(=O)C=CCCC(C)C2CCC2c2ccc(CN3CCN(CC(C)(C)S)CC3)cc2)C(=O)NCC(C)C(=O)OC(CC(C)C)C(=O)O)cc1Cl. The van der Waals surface area contributed by atoms with Crippen LogP contribution in [0.3, 0.4) is 0 Å². The molecule has 326 valence electrons. The average Bonchev–Trinajstić information content (AvgIpc) is 3.15. The van der Waals surface area contributed by atoms with Crippen LogP contribution in [0.5, 0.6) is 5.75 Å². The number of halogens is 1. The second kappa shape index (κ2) is 22.9. The Morgan fingerprint density at radius 2 is 1.64 bits per heavy atom. The molecule has 2 aliphatic rings. The Kier molecular flexibility index (Phi) is 18.6. The molecule has 2 aromatic rings. The van der Waals surface area contributed by atoms with E-state index < -0.39 is 41.8 Å². The third-order valence-electron chi connectivity index (χ3n) is 11.5. The summed E-state index contributed by atoms with van der Waals surface area (Å²) in [4.78, 5) is 56.0. The van der Waals surface area contributed by atoms with Crippen molar-refractivity contribution in [3.63, 3.8) is 0 Å². The quantitative estimate of drug-likeness (QED) is 0.0553. The van der Waals surface area contributed by atoms with E-state index in [1.54, 1.807) is 25.1 Å². The Labute approximate surface area is 362 Å². The Bertz CT molecular complexity index is 1720. The van der Waals surface area contributed by atoms with E-state index in [0.29, 0.717) is 34.1 Å². The highest BCUT2D eigenvalue weighted by Gasteiger charge is 2.35. The minimum Gasteiger partial charge on any atom is -0.495 e. The fraction of sp³-hybridized carbons (Fsp3) is 0.609. The van der Waals surface area contributed by atoms with E-state index >= 15 is 0 Å². The Morgan fingerprint density at radius 1 is 0.983 bits per heavy atom. The zero-order valence-corrected chi connectivity index (χ0v) is 37.7. The predicted molar refractivity (Wildman–Crippen MR) is 237 cm³/mol. The average molecular weight is 856 g/mol. The molecule has 0 radical (unpaired) electrons. The molecule has 2 aromatic carbocycles. The fourth-order valence-electron chi connectivity index (χ4n) is 8.01. The number of nitrogens with one attached hydrogen (secondary N) is 2. The molecule has 6 atom stereocenters. The fourth-order valence-corrected chi connectivity index (χ4v) is 8.49. The number of benzene rings is 2. The van der Waals surface area contributed by atoms with Crippen molar-refractivity contribution in [3.8, 4) is 5.75 Å². The van der Waals surface area contributed by atoms with Crippen molar-refractivity contribution in [3.05, 3.63) is 76.3 Å². The largest absolute Gasteiger partial charge is 0.495 e. The van der Waals surface area contributed by atoms with Gasteiger partial charge < -0.3 is 25.2 Å². The third-order valence-corrected chi connectivity index (χ3v) is 11.9. The summed E-state index contributed by atoms with van der Waals surface area (Å²) in [6.07, 6.45) is 6.45. The first kappa shape index (κ1) is 48.1. The van der Waals surface area contributed by atoms with Gasteiger partial charge in [0.2, 0.25) is 11.8 Å². The third kappa shape index (κ3) is 15.8. The second-order valence-electron chi connectivity index (χ2n) is 17.7. The Morgan fingerprint density at radius 3 is 2.22 bits per heavy atom. The molecule has 1 aliphatic carbocycles. The van der Waals surface area contributed by atoms with Gasteiger partial charge in [0, 0.05) is 57.0 Å². The van der Waals surface area contributed by atoms with Crippen LogP contribution in [0.1, 0.15) is 96.3 Å². The number of carbonyl (C=O) groups excluding carboxylic acids is 3. The number of ether oxygens (including phenoxy) is 2. The van der Waals surface area contributed by atoms with Crippen LogP contribution in [-0.4, -0.2) is 102 Å². The van der Waals surface area contributed by atoms with E-state index in [1.807, 2.05) is 19.9 Å². The van der Waals surface area contributed by atoms with E-state index in [-0.39, 0.29) is 30.1 Å². The molecule has 0 bridgehead atoms. The maximum absolute atomic E-state index is 13.5. The molecule has 6 unspecified atom stereocenters. The first-order valence-corrected chi connectivity index (χ1v) is 22.0. The van der Waals surface area contributed by atoms with Crippen molar-refractivity contribution in [2.75, 3.05) is 46.4 Å². The number of carboxylic acids is 1. The summed E-state index contributed by atoms with van der Waals surface area (Å²) < 4.78 is 10.5. The summed E-state index contributed by atoms with van der Waals surface area (Å²) in [5, 5.41) is 15.4. The lowest BCUT2D eigenvalue weighted by Crippen LogP contribution is -2.49. The van der Waals surface area contributed by atoms with Crippen LogP contribution < -0.4 is 15.4 Å². The van der Waals surface area contributed by atoms with Crippen molar-refractivity contribution < 1.29 is 33.8 Å². The van der Waals surface area contributed by atoms with Gasteiger partial charge in [0.05, 0.1) is 18.1 Å². The highest BCUT2D eigenvalue weighted by Crippen LogP contribution is 2.47. The normalized spacial score (nSPS) is 19.7. The molecule has 2 amide bonds. The summed E-state index contributed by atoms with van der Waals surface area (Å²) in [5.41, 5.74) is 3.47. The van der Waals surface area contributed by atoms with Gasteiger partial charge in [-0.15, -0.1) is 0 Å². The van der Waals surface area contributed by atoms with Gasteiger partial charge in [0.1, 0.15) is 11.8 Å². The van der Waals surface area contributed by atoms with Gasteiger partial charge in [-0.3, -0.25) is 24.2 Å². The number of carboxylic acid groups (broad SMARTS) is 1. The van der Waals surface area contributed by atoms with Crippen molar-refractivity contribution in [2.24, 2.45) is 23.7 Å². The molecule has 0 spiro atoms. The van der Waals surface area contributed by atoms with E-state index in [4.69, 9.17) is 33.7 Å². The molecule has 1 aliphatic heterocycles. The number of piperazine rings is 1. The minimum absolute atomic E-state index is 0.00969. The van der Waals surface area contributed by atoms with Gasteiger partial charge in [-0.1, -0.05) is 75.7 Å². The predicted octanol–water partition coefficient (Wildman–Crippen LogP) is 7.16. The highest BCUT2D eigenvalue weighted by molar-refractivity contribution is 7.81. The maximum atomic E-state index is 13.5. The number of carbonyl (C=O) groups is 4. The van der Waals surface area contributed by atoms with Crippen LogP contribution in [0.15, 0.2) is 54.6 Å². The number of methoxy groups -OCH3 is 1. The zero-order valence-electron chi connectivity index (χ0n) is 36.0. The highest BCUT2D eigenvalue weighted by atomic mass is 35.5. The van der Waals surface area contributed by atoms with Gasteiger partial charge in [0.15, 0.2) is 6.10 Å². The topological polar surface area (TPSA) is 138 Å². The van der Waals surface area contributed by atoms with Gasteiger partial charge in [-0.2, -0.15) is 12.6 Å². The van der Waals surface area contributed by atoms with E-state index in [2.05, 4.69) is 65.5 Å². The first-order valence-electron chi connectivity index (χ1n) is 21.2. The van der Waals surface area contributed by atoms with Crippen LogP contribution in [0.4, 0.5) is 0 Å². The second-order valence-corrected chi connectivity index (χ2v) is 19.3. The van der Waals surface area contributed by atoms with Gasteiger partial charge in [0.25, 0.3) is 0 Å². The van der Waals surface area contributed by atoms with Crippen LogP contribution in [-0.2, 0) is 36.9 Å². The first-order chi connectivity index (χ1) is 27.9. The van der Waals surface area contributed by atoms with Crippen LogP contribution >= 0.6 is 24.2 Å². The van der Waals surface area contributed by atoms with Crippen molar-refractivity contribution in [1.82, 2.24) is 20.4 Å². The number of amides is 2. The van der Waals surface area contributed by atoms with E-state index in [1.165, 1.54) is 37.2 Å². The lowest BCUT2D eigenvalue weighted by molar-refractivity contribution is -0.167. The van der Waals surface area contributed by atoms with Crippen LogP contribution in [0.25, 0.3) is 0 Å². The maximum Gasteiger partial charge on any atom is 0.345 e. The van der Waals surface area contributed by atoms with Crippen molar-refractivity contribution in [2.45, 2.75) is 109 Å². The Hall–Kier alpha value is -3.58. The lowest BCUT2D eigenvalue weighted by Gasteiger charge is -2.41. The summed E-state index contributed by atoms with van der Waals surface area (Å²) >= 11 is 11.1. The molecule has 2 fully saturated rings. The van der Waals surface area contributed by atoms with Crippen molar-refractivity contribution in [1.29, 1.82) is 0 Å². The van der Waals surface area contributed by atoms with Crippen molar-refractivity contribution >= 4 is 48.0 Å². The van der Waals surface area contributed by atoms with E-state index in [0.717, 1.165) is 52.1 Å². The summed E-state index contributed by atoms with van der Waals surface area (Å²) in [5.74, 6) is -1.54. The zero-order chi connectivity index (χ0) is 43.3. The molecule has 3 N–H and O–H groups in total. The lowest BCUT2D eigenvalue weighted by atomic mass is 9.64. The number of thiol groups is 1. The molecule has 1 saturated carbocycles.